The number of amides is 4. The Kier molecular flexibility index (Phi) is 27.1. The summed E-state index contributed by atoms with van der Waals surface area (Å²) in [5.74, 6) is 1.41. The van der Waals surface area contributed by atoms with Gasteiger partial charge in [0.1, 0.15) is 45.8 Å². The van der Waals surface area contributed by atoms with E-state index in [1.54, 1.807) is 148 Å². The Morgan fingerprint density at radius 2 is 0.556 bits per heavy atom. The maximum atomic E-state index is 12.8. The van der Waals surface area contributed by atoms with Crippen LogP contribution in [-0.4, -0.2) is 191 Å². The van der Waals surface area contributed by atoms with Gasteiger partial charge in [-0.1, -0.05) is 24.3 Å². The number of carboxylic acid groups (broad SMARTS) is 2. The molecule has 40 nitrogen and oxygen atoms in total. The number of anilines is 4. The molecular weight excluding hydrogens is 1630 g/mol. The molecule has 126 heavy (non-hydrogen) atoms. The lowest BCUT2D eigenvalue weighted by atomic mass is 10.2. The van der Waals surface area contributed by atoms with Crippen molar-refractivity contribution in [1.29, 1.82) is 0 Å². The van der Waals surface area contributed by atoms with Crippen LogP contribution in [0.4, 0.5) is 22.7 Å². The van der Waals surface area contributed by atoms with E-state index in [0.717, 1.165) is 73.6 Å². The zero-order valence-corrected chi connectivity index (χ0v) is 67.0. The van der Waals surface area contributed by atoms with Crippen LogP contribution in [0.1, 0.15) is 143 Å². The standard InChI is InChI=1S/4C21H20N6O3.2CH2O2/c4*28-15-5-4-14(9-15)27-12-17(20(26-27)16-3-1-2-8-22-16)25-21(29)19-7-6-18(30-19)13-10-23-24-11-13;2*2-1-3/h4*1-3,6-8,10-12,14-15,28H,4-5,9H2,(H,23,24)(H,25,29);2*1H,(H,2,3)/t2*14-,15+;2*14-,15-;;/m0000../s1. The highest BCUT2D eigenvalue weighted by Crippen LogP contribution is 2.40. The predicted molar refractivity (Wildman–Crippen MR) is 452 cm³/mol. The first-order valence-electron chi connectivity index (χ1n) is 40.0. The second kappa shape index (κ2) is 40.2. The molecule has 4 aliphatic rings. The maximum absolute atomic E-state index is 12.8. The van der Waals surface area contributed by atoms with Crippen LogP contribution >= 0.6 is 0 Å². The molecule has 0 aromatic carbocycles. The fourth-order valence-electron chi connectivity index (χ4n) is 14.9. The second-order valence-corrected chi connectivity index (χ2v) is 29.5. The van der Waals surface area contributed by atoms with Gasteiger partial charge in [-0.25, -0.2) is 0 Å². The third-order valence-electron chi connectivity index (χ3n) is 21.0. The summed E-state index contributed by atoms with van der Waals surface area (Å²) in [6, 6.07) is 35.9. The van der Waals surface area contributed by atoms with Crippen LogP contribution in [0.15, 0.2) is 238 Å². The third kappa shape index (κ3) is 20.8. The molecule has 4 amide bonds. The van der Waals surface area contributed by atoms with Crippen LogP contribution in [-0.2, 0) is 9.59 Å². The molecule has 0 unspecified atom stereocenters. The molecule has 16 heterocycles. The molecule has 20 rings (SSSR count). The lowest BCUT2D eigenvalue weighted by Gasteiger charge is -2.09. The van der Waals surface area contributed by atoms with Crippen LogP contribution in [0.25, 0.3) is 90.8 Å². The number of carbonyl (C=O) groups is 6. The lowest BCUT2D eigenvalue weighted by Crippen LogP contribution is -2.11. The summed E-state index contributed by atoms with van der Waals surface area (Å²) in [6.07, 6.45) is 34.8. The number of aliphatic hydroxyl groups excluding tert-OH is 4. The largest absolute Gasteiger partial charge is 0.483 e. The number of aromatic amines is 4. The molecule has 0 bridgehead atoms. The van der Waals surface area contributed by atoms with E-state index in [9.17, 15) is 39.6 Å². The molecule has 4 aliphatic carbocycles. The van der Waals surface area contributed by atoms with Crippen LogP contribution in [0, 0.1) is 0 Å². The van der Waals surface area contributed by atoms with Crippen LogP contribution in [0.3, 0.4) is 0 Å². The fourth-order valence-corrected chi connectivity index (χ4v) is 14.9. The number of nitrogens with one attached hydrogen (secondary N) is 8. The Morgan fingerprint density at radius 3 is 0.730 bits per heavy atom. The summed E-state index contributed by atoms with van der Waals surface area (Å²) in [6.45, 7) is -0.500. The predicted octanol–water partition coefficient (Wildman–Crippen LogP) is 12.5. The molecule has 4 fully saturated rings. The number of H-pyrrole nitrogens is 4. The van der Waals surface area contributed by atoms with Crippen molar-refractivity contribution in [2.75, 3.05) is 21.3 Å². The van der Waals surface area contributed by atoms with Gasteiger partial charge in [-0.05, 0) is 174 Å². The van der Waals surface area contributed by atoms with Crippen LogP contribution in [0.2, 0.25) is 0 Å². The third-order valence-corrected chi connectivity index (χ3v) is 21.0. The van der Waals surface area contributed by atoms with E-state index in [1.807, 2.05) is 91.5 Å². The summed E-state index contributed by atoms with van der Waals surface area (Å²) in [4.78, 5) is 85.6. The smallest absolute Gasteiger partial charge is 0.291 e. The number of hydrogen-bond donors (Lipinski definition) is 14. The van der Waals surface area contributed by atoms with Crippen LogP contribution < -0.4 is 21.3 Å². The van der Waals surface area contributed by atoms with Gasteiger partial charge >= 0.3 is 0 Å². The summed E-state index contributed by atoms with van der Waals surface area (Å²) in [5, 5.41) is 110. The minimum Gasteiger partial charge on any atom is -0.483 e. The van der Waals surface area contributed by atoms with Gasteiger partial charge < -0.3 is 69.6 Å². The van der Waals surface area contributed by atoms with Gasteiger partial charge in [0.05, 0.1) is 141 Å². The molecule has 16 aromatic rings. The molecule has 644 valence electrons. The monoisotopic (exact) mass is 1710 g/mol. The molecule has 0 spiro atoms. The molecule has 4 saturated carbocycles. The van der Waals surface area contributed by atoms with Crippen molar-refractivity contribution in [2.24, 2.45) is 0 Å². The number of aliphatic hydroxyl groups is 4. The first kappa shape index (κ1) is 85.1. The Morgan fingerprint density at radius 1 is 0.333 bits per heavy atom. The number of hydrogen-bond acceptors (Lipinski definition) is 26. The molecule has 0 radical (unpaired) electrons. The van der Waals surface area contributed by atoms with Crippen molar-refractivity contribution < 1.29 is 77.1 Å². The lowest BCUT2D eigenvalue weighted by molar-refractivity contribution is -0.123. The Hall–Kier alpha value is -15.9. The first-order chi connectivity index (χ1) is 61.5. The summed E-state index contributed by atoms with van der Waals surface area (Å²) in [5.41, 5.74) is 10.1. The zero-order chi connectivity index (χ0) is 87.4. The average molecular weight is 1710 g/mol. The molecule has 8 atom stereocenters. The van der Waals surface area contributed by atoms with Crippen molar-refractivity contribution in [3.05, 3.63) is 244 Å². The maximum Gasteiger partial charge on any atom is 0.291 e. The Balaban J connectivity index is 0.000000127. The molecule has 0 saturated heterocycles. The molecule has 14 N–H and O–H groups in total. The van der Waals surface area contributed by atoms with Crippen molar-refractivity contribution in [1.82, 2.24) is 99.8 Å². The highest BCUT2D eigenvalue weighted by atomic mass is 16.4. The van der Waals surface area contributed by atoms with E-state index >= 15 is 0 Å². The van der Waals surface area contributed by atoms with Crippen molar-refractivity contribution in [3.63, 3.8) is 0 Å². The van der Waals surface area contributed by atoms with Gasteiger partial charge in [0.15, 0.2) is 23.0 Å². The SMILES string of the molecule is O=C(Nc1cn([C@H]2CC[C@@H](O)C2)nc1-c1ccccn1)c1ccc(-c2cn[nH]c2)o1.O=C(Nc1cn([C@H]2CC[C@@H](O)C2)nc1-c1ccccn1)c1ccc(-c2cn[nH]c2)o1.O=C(Nc1cn([C@H]2CC[C@H](O)C2)nc1-c1ccccn1)c1ccc(-c2cn[nH]c2)o1.O=C(Nc1cn([C@H]2CC[C@H](O)C2)nc1-c1ccccn1)c1ccc(-c2cn[nH]c2)o1.O=CO.O=CO. The van der Waals surface area contributed by atoms with E-state index in [2.05, 4.69) is 102 Å². The highest BCUT2D eigenvalue weighted by molar-refractivity contribution is 6.07. The Labute approximate surface area is 714 Å². The number of aromatic nitrogens is 20. The minimum absolute atomic E-state index is 0.0874. The molecule has 0 aliphatic heterocycles. The van der Waals surface area contributed by atoms with Crippen molar-refractivity contribution in [2.45, 2.75) is 126 Å². The van der Waals surface area contributed by atoms with E-state index in [4.69, 9.17) is 37.5 Å². The number of carbonyl (C=O) groups excluding carboxylic acids is 4. The second-order valence-electron chi connectivity index (χ2n) is 29.5. The minimum atomic E-state index is -0.382. The summed E-state index contributed by atoms with van der Waals surface area (Å²) >= 11 is 0. The number of pyridine rings is 4. The molecular formula is C86H84N24O16. The van der Waals surface area contributed by atoms with Crippen molar-refractivity contribution >= 4 is 59.3 Å². The van der Waals surface area contributed by atoms with Gasteiger partial charge in [0, 0.05) is 74.4 Å². The van der Waals surface area contributed by atoms with Crippen molar-refractivity contribution in [3.8, 4) is 90.8 Å². The van der Waals surface area contributed by atoms with Gasteiger partial charge in [-0.15, -0.1) is 0 Å². The number of rotatable bonds is 20. The van der Waals surface area contributed by atoms with E-state index in [-0.39, 0.29) is 108 Å². The fraction of sp³-hybridized carbons (Fsp3) is 0.233. The average Bonchev–Trinajstić information content (AvgIpc) is 1.66. The quantitative estimate of drug-likeness (QED) is 0.0315. The zero-order valence-electron chi connectivity index (χ0n) is 67.0. The number of nitrogens with zero attached hydrogens (tertiary/aromatic N) is 16. The van der Waals surface area contributed by atoms with E-state index in [0.29, 0.717) is 117 Å². The van der Waals surface area contributed by atoms with Gasteiger partial charge in [-0.2, -0.15) is 40.8 Å². The normalized spacial score (nSPS) is 17.9. The topological polar surface area (TPSA) is 562 Å². The van der Waals surface area contributed by atoms with E-state index in [1.165, 1.54) is 0 Å². The van der Waals surface area contributed by atoms with E-state index < -0.39 is 0 Å². The highest BCUT2D eigenvalue weighted by Gasteiger charge is 2.33. The number of furan rings is 4. The van der Waals surface area contributed by atoms with Gasteiger partial charge in [0.25, 0.3) is 36.6 Å². The first-order valence-corrected chi connectivity index (χ1v) is 40.0. The van der Waals surface area contributed by atoms with Gasteiger partial charge in [-0.3, -0.25) is 87.8 Å². The van der Waals surface area contributed by atoms with Gasteiger partial charge in [0.2, 0.25) is 0 Å². The Bertz CT molecular complexity index is 5460. The summed E-state index contributed by atoms with van der Waals surface area (Å²) in [7, 11) is 0. The molecule has 16 aromatic heterocycles. The van der Waals surface area contributed by atoms with Crippen LogP contribution in [0.5, 0.6) is 0 Å². The molecule has 40 heteroatoms. The summed E-state index contributed by atoms with van der Waals surface area (Å²) < 4.78 is 30.0.